The van der Waals surface area contributed by atoms with Crippen molar-refractivity contribution in [3.8, 4) is 0 Å². The topological polar surface area (TPSA) is 102 Å². The summed E-state index contributed by atoms with van der Waals surface area (Å²) in [6.07, 6.45) is 1.05. The number of hydrogen-bond donors (Lipinski definition) is 2. The third-order valence-electron chi connectivity index (χ3n) is 3.44. The van der Waals surface area contributed by atoms with Gasteiger partial charge in [-0.3, -0.25) is 9.52 Å². The van der Waals surface area contributed by atoms with Crippen molar-refractivity contribution in [3.05, 3.63) is 59.2 Å². The maximum absolute atomic E-state index is 12.3. The van der Waals surface area contributed by atoms with Crippen LogP contribution in [0.5, 0.6) is 0 Å². The zero-order valence-electron chi connectivity index (χ0n) is 14.0. The highest BCUT2D eigenvalue weighted by molar-refractivity contribution is 7.92. The van der Waals surface area contributed by atoms with Gasteiger partial charge in [0.25, 0.3) is 5.91 Å². The fourth-order valence-electron chi connectivity index (χ4n) is 2.20. The molecule has 2 aromatic rings. The van der Waals surface area contributed by atoms with Crippen molar-refractivity contribution in [1.29, 1.82) is 0 Å². The van der Waals surface area contributed by atoms with Gasteiger partial charge in [-0.15, -0.1) is 0 Å². The van der Waals surface area contributed by atoms with Crippen molar-refractivity contribution in [1.82, 2.24) is 0 Å². The molecular formula is C17H18N2O5S. The van der Waals surface area contributed by atoms with E-state index in [0.29, 0.717) is 28.1 Å². The van der Waals surface area contributed by atoms with Crippen LogP contribution in [0.1, 0.15) is 26.3 Å². The van der Waals surface area contributed by atoms with Crippen LogP contribution in [0.15, 0.2) is 42.5 Å². The number of esters is 1. The second kappa shape index (κ2) is 7.35. The Morgan fingerprint density at radius 1 is 1.04 bits per heavy atom. The number of carbonyl (C=O) groups excluding carboxylic acids is 2. The highest BCUT2D eigenvalue weighted by Gasteiger charge is 2.14. The Kier molecular flexibility index (Phi) is 5.43. The lowest BCUT2D eigenvalue weighted by Gasteiger charge is -2.12. The van der Waals surface area contributed by atoms with Gasteiger partial charge in [-0.1, -0.05) is 6.07 Å². The van der Waals surface area contributed by atoms with E-state index in [1.165, 1.54) is 31.4 Å². The van der Waals surface area contributed by atoms with Gasteiger partial charge in [0.05, 0.1) is 18.9 Å². The molecule has 0 aliphatic rings. The van der Waals surface area contributed by atoms with E-state index in [4.69, 9.17) is 4.74 Å². The lowest BCUT2D eigenvalue weighted by molar-refractivity contribution is 0.0599. The zero-order chi connectivity index (χ0) is 18.6. The lowest BCUT2D eigenvalue weighted by Crippen LogP contribution is -2.15. The van der Waals surface area contributed by atoms with Gasteiger partial charge in [-0.2, -0.15) is 0 Å². The first-order chi connectivity index (χ1) is 11.7. The molecule has 1 amide bonds. The average Bonchev–Trinajstić information content (AvgIpc) is 2.55. The molecule has 0 radical (unpaired) electrons. The van der Waals surface area contributed by atoms with E-state index in [-0.39, 0.29) is 5.91 Å². The molecule has 0 saturated heterocycles. The quantitative estimate of drug-likeness (QED) is 0.795. The van der Waals surface area contributed by atoms with Crippen LogP contribution in [0.2, 0.25) is 0 Å². The zero-order valence-corrected chi connectivity index (χ0v) is 14.8. The van der Waals surface area contributed by atoms with E-state index in [0.717, 1.165) is 6.26 Å². The molecule has 2 rings (SSSR count). The number of nitrogens with one attached hydrogen (secondary N) is 2. The third-order valence-corrected chi connectivity index (χ3v) is 4.04. The van der Waals surface area contributed by atoms with Crippen LogP contribution < -0.4 is 10.0 Å². The normalized spacial score (nSPS) is 10.8. The molecule has 0 fully saturated rings. The Bertz CT molecular complexity index is 905. The molecule has 0 spiro atoms. The molecule has 7 nitrogen and oxygen atoms in total. The molecular weight excluding hydrogens is 344 g/mol. The Labute approximate surface area is 146 Å². The minimum Gasteiger partial charge on any atom is -0.465 e. The van der Waals surface area contributed by atoms with Crippen LogP contribution >= 0.6 is 0 Å². The second-order valence-corrected chi connectivity index (χ2v) is 7.12. The maximum atomic E-state index is 12.3. The predicted octanol–water partition coefficient (Wildman–Crippen LogP) is 2.41. The molecule has 0 atom stereocenters. The Hall–Kier alpha value is -2.87. The van der Waals surface area contributed by atoms with Crippen LogP contribution in [0.3, 0.4) is 0 Å². The van der Waals surface area contributed by atoms with E-state index in [1.807, 2.05) is 0 Å². The molecule has 0 saturated carbocycles. The third kappa shape index (κ3) is 4.80. The van der Waals surface area contributed by atoms with E-state index in [1.54, 1.807) is 25.1 Å². The fourth-order valence-corrected chi connectivity index (χ4v) is 2.76. The summed E-state index contributed by atoms with van der Waals surface area (Å²) in [5, 5.41) is 2.73. The Balaban J connectivity index is 2.19. The molecule has 0 heterocycles. The summed E-state index contributed by atoms with van der Waals surface area (Å²) in [5.41, 5.74) is 2.17. The van der Waals surface area contributed by atoms with Gasteiger partial charge in [-0.25, -0.2) is 13.2 Å². The molecule has 2 aromatic carbocycles. The van der Waals surface area contributed by atoms with Crippen molar-refractivity contribution < 1.29 is 22.7 Å². The van der Waals surface area contributed by atoms with Crippen LogP contribution in [0, 0.1) is 6.92 Å². The van der Waals surface area contributed by atoms with Gasteiger partial charge in [0.2, 0.25) is 10.0 Å². The van der Waals surface area contributed by atoms with E-state index >= 15 is 0 Å². The highest BCUT2D eigenvalue weighted by atomic mass is 32.2. The number of amides is 1. The summed E-state index contributed by atoms with van der Waals surface area (Å²) in [5.74, 6) is -0.860. The van der Waals surface area contributed by atoms with Crippen molar-refractivity contribution in [3.63, 3.8) is 0 Å². The van der Waals surface area contributed by atoms with Gasteiger partial charge >= 0.3 is 5.97 Å². The first kappa shape index (κ1) is 18.5. The largest absolute Gasteiger partial charge is 0.465 e. The number of hydrogen-bond acceptors (Lipinski definition) is 5. The van der Waals surface area contributed by atoms with E-state index in [9.17, 15) is 18.0 Å². The number of methoxy groups -OCH3 is 1. The van der Waals surface area contributed by atoms with Gasteiger partial charge in [0.15, 0.2) is 0 Å². The van der Waals surface area contributed by atoms with E-state index in [2.05, 4.69) is 10.0 Å². The number of anilines is 2. The Morgan fingerprint density at radius 2 is 1.68 bits per heavy atom. The van der Waals surface area contributed by atoms with Crippen LogP contribution in [0.25, 0.3) is 0 Å². The summed E-state index contributed by atoms with van der Waals surface area (Å²) in [4.78, 5) is 24.1. The smallest absolute Gasteiger partial charge is 0.338 e. The number of carbonyl (C=O) groups is 2. The predicted molar refractivity (Wildman–Crippen MR) is 95.4 cm³/mol. The monoisotopic (exact) mass is 362 g/mol. The first-order valence-corrected chi connectivity index (χ1v) is 9.17. The summed E-state index contributed by atoms with van der Waals surface area (Å²) in [6.45, 7) is 1.71. The minimum absolute atomic E-state index is 0.349. The molecule has 132 valence electrons. The summed E-state index contributed by atoms with van der Waals surface area (Å²) < 4.78 is 29.4. The van der Waals surface area contributed by atoms with Crippen molar-refractivity contribution in [2.24, 2.45) is 0 Å². The minimum atomic E-state index is -3.37. The standard InChI is InChI=1S/C17H18N2O5S/c1-11-14(17(21)24-2)5-4-6-15(11)18-16(20)12-7-9-13(10-8-12)19-25(3,22)23/h4-10,19H,1-3H3,(H,18,20). The number of sulfonamides is 1. The molecule has 8 heteroatoms. The summed E-state index contributed by atoms with van der Waals surface area (Å²) >= 11 is 0. The van der Waals surface area contributed by atoms with Gasteiger partial charge in [0, 0.05) is 16.9 Å². The average molecular weight is 362 g/mol. The maximum Gasteiger partial charge on any atom is 0.338 e. The molecule has 25 heavy (non-hydrogen) atoms. The van der Waals surface area contributed by atoms with Crippen LogP contribution in [0.4, 0.5) is 11.4 Å². The molecule has 0 aliphatic carbocycles. The van der Waals surface area contributed by atoms with Crippen molar-refractivity contribution in [2.75, 3.05) is 23.4 Å². The van der Waals surface area contributed by atoms with Crippen molar-refractivity contribution >= 4 is 33.3 Å². The Morgan fingerprint density at radius 3 is 2.24 bits per heavy atom. The lowest BCUT2D eigenvalue weighted by atomic mass is 10.1. The van der Waals surface area contributed by atoms with Crippen molar-refractivity contribution in [2.45, 2.75) is 6.92 Å². The SMILES string of the molecule is COC(=O)c1cccc(NC(=O)c2ccc(NS(C)(=O)=O)cc2)c1C. The number of rotatable bonds is 5. The summed E-state index contributed by atoms with van der Waals surface area (Å²) in [6, 6.07) is 10.9. The molecule has 0 unspecified atom stereocenters. The molecule has 2 N–H and O–H groups in total. The summed E-state index contributed by atoms with van der Waals surface area (Å²) in [7, 11) is -2.08. The van der Waals surface area contributed by atoms with Crippen LogP contribution in [-0.4, -0.2) is 33.7 Å². The van der Waals surface area contributed by atoms with E-state index < -0.39 is 16.0 Å². The first-order valence-electron chi connectivity index (χ1n) is 7.28. The second-order valence-electron chi connectivity index (χ2n) is 5.38. The van der Waals surface area contributed by atoms with Gasteiger partial charge in [0.1, 0.15) is 0 Å². The molecule has 0 bridgehead atoms. The fraction of sp³-hybridized carbons (Fsp3) is 0.176. The molecule has 0 aromatic heterocycles. The number of ether oxygens (including phenoxy) is 1. The highest BCUT2D eigenvalue weighted by Crippen LogP contribution is 2.21. The van der Waals surface area contributed by atoms with Crippen LogP contribution in [-0.2, 0) is 14.8 Å². The number of benzene rings is 2. The molecule has 0 aliphatic heterocycles. The van der Waals surface area contributed by atoms with Gasteiger partial charge in [-0.05, 0) is 48.9 Å². The van der Waals surface area contributed by atoms with Gasteiger partial charge < -0.3 is 10.1 Å².